The molecule has 5 heteroatoms. The van der Waals surface area contributed by atoms with Crippen molar-refractivity contribution in [1.29, 1.82) is 0 Å². The fourth-order valence-electron chi connectivity index (χ4n) is 4.81. The van der Waals surface area contributed by atoms with Crippen molar-refractivity contribution in [3.8, 4) is 0 Å². The molecule has 0 aliphatic carbocycles. The van der Waals surface area contributed by atoms with Crippen LogP contribution < -0.4 is 0 Å². The highest BCUT2D eigenvalue weighted by molar-refractivity contribution is 7.11. The summed E-state index contributed by atoms with van der Waals surface area (Å²) >= 11 is 1.85. The van der Waals surface area contributed by atoms with Crippen LogP contribution in [0.25, 0.3) is 0 Å². The van der Waals surface area contributed by atoms with Crippen molar-refractivity contribution in [2.45, 2.75) is 44.1 Å². The molecule has 25 heavy (non-hydrogen) atoms. The Morgan fingerprint density at radius 1 is 1.24 bits per heavy atom. The van der Waals surface area contributed by atoms with Gasteiger partial charge in [0.2, 0.25) is 5.91 Å². The second-order valence-electron chi connectivity index (χ2n) is 7.30. The molecule has 1 amide bonds. The summed E-state index contributed by atoms with van der Waals surface area (Å²) in [5, 5.41) is 0. The second kappa shape index (κ2) is 5.66. The van der Waals surface area contributed by atoms with Crippen LogP contribution in [-0.2, 0) is 16.1 Å². The molecular formula is C20H22N2O2S. The molecule has 3 fully saturated rings. The summed E-state index contributed by atoms with van der Waals surface area (Å²) < 4.78 is 6.37. The van der Waals surface area contributed by atoms with Crippen LogP contribution in [0.2, 0.25) is 0 Å². The predicted molar refractivity (Wildman–Crippen MR) is 97.2 cm³/mol. The summed E-state index contributed by atoms with van der Waals surface area (Å²) in [6.45, 7) is 4.67. The highest BCUT2D eigenvalue weighted by Crippen LogP contribution is 2.51. The predicted octanol–water partition coefficient (Wildman–Crippen LogP) is 3.33. The molecule has 3 aliphatic rings. The molecule has 1 aromatic carbocycles. The smallest absolute Gasteiger partial charge is 0.227 e. The molecule has 3 aliphatic heterocycles. The first kappa shape index (κ1) is 15.6. The average molecular weight is 354 g/mol. The molecule has 0 radical (unpaired) electrons. The largest absolute Gasteiger partial charge is 0.351 e. The molecule has 3 saturated heterocycles. The van der Waals surface area contributed by atoms with Crippen LogP contribution >= 0.6 is 11.3 Å². The van der Waals surface area contributed by atoms with E-state index in [0.29, 0.717) is 13.0 Å². The van der Waals surface area contributed by atoms with Gasteiger partial charge in [0, 0.05) is 35.7 Å². The number of rotatable bonds is 3. The van der Waals surface area contributed by atoms with E-state index in [1.54, 1.807) is 0 Å². The first-order valence-corrected chi connectivity index (χ1v) is 9.79. The van der Waals surface area contributed by atoms with Gasteiger partial charge in [-0.15, -0.1) is 11.3 Å². The van der Waals surface area contributed by atoms with E-state index in [2.05, 4.69) is 41.0 Å². The molecule has 0 unspecified atom stereocenters. The van der Waals surface area contributed by atoms with Crippen molar-refractivity contribution in [2.75, 3.05) is 13.2 Å². The number of likely N-dealkylation sites (tertiary alicyclic amines) is 1. The standard InChI is InChI=1S/C20H22N2O2S/c1-14-7-8-16(25-14)12-21-10-9-20-18(21)11-19(23)22(20)17(13-24-20)15-5-3-2-4-6-15/h2-8,17-18H,9-13H2,1H3/t17-,18+,20-/m0/s1. The van der Waals surface area contributed by atoms with E-state index in [-0.39, 0.29) is 18.0 Å². The molecular weight excluding hydrogens is 332 g/mol. The Balaban J connectivity index is 1.43. The Kier molecular flexibility index (Phi) is 3.52. The van der Waals surface area contributed by atoms with Gasteiger partial charge in [0.25, 0.3) is 0 Å². The van der Waals surface area contributed by atoms with E-state index < -0.39 is 5.72 Å². The fraction of sp³-hybridized carbons (Fsp3) is 0.450. The zero-order valence-corrected chi connectivity index (χ0v) is 15.2. The average Bonchev–Trinajstić information content (AvgIpc) is 3.34. The highest BCUT2D eigenvalue weighted by Gasteiger charge is 2.64. The van der Waals surface area contributed by atoms with Crippen LogP contribution in [0, 0.1) is 6.92 Å². The van der Waals surface area contributed by atoms with Crippen LogP contribution in [-0.4, -0.2) is 40.6 Å². The first-order chi connectivity index (χ1) is 12.2. The number of nitrogens with zero attached hydrogens (tertiary/aromatic N) is 2. The van der Waals surface area contributed by atoms with Crippen molar-refractivity contribution >= 4 is 17.2 Å². The molecule has 5 rings (SSSR count). The number of aryl methyl sites for hydroxylation is 1. The van der Waals surface area contributed by atoms with E-state index in [4.69, 9.17) is 4.74 Å². The number of benzene rings is 1. The molecule has 130 valence electrons. The van der Waals surface area contributed by atoms with Crippen molar-refractivity contribution in [3.05, 3.63) is 57.8 Å². The number of thiophene rings is 1. The van der Waals surface area contributed by atoms with Crippen LogP contribution in [0.1, 0.15) is 34.2 Å². The third-order valence-electron chi connectivity index (χ3n) is 5.91. The van der Waals surface area contributed by atoms with Crippen molar-refractivity contribution in [3.63, 3.8) is 0 Å². The number of hydrogen-bond donors (Lipinski definition) is 0. The lowest BCUT2D eigenvalue weighted by atomic mass is 10.0. The van der Waals surface area contributed by atoms with E-state index >= 15 is 0 Å². The third kappa shape index (κ3) is 2.30. The van der Waals surface area contributed by atoms with Crippen LogP contribution in [0.5, 0.6) is 0 Å². The Morgan fingerprint density at radius 2 is 2.08 bits per heavy atom. The van der Waals surface area contributed by atoms with Gasteiger partial charge in [0.05, 0.1) is 18.7 Å². The van der Waals surface area contributed by atoms with Gasteiger partial charge in [0.1, 0.15) is 0 Å². The van der Waals surface area contributed by atoms with Crippen molar-refractivity contribution in [1.82, 2.24) is 9.80 Å². The lowest BCUT2D eigenvalue weighted by Crippen LogP contribution is -2.48. The lowest BCUT2D eigenvalue weighted by Gasteiger charge is -2.33. The Bertz CT molecular complexity index is 805. The van der Waals surface area contributed by atoms with E-state index in [9.17, 15) is 4.79 Å². The quantitative estimate of drug-likeness (QED) is 0.848. The van der Waals surface area contributed by atoms with Crippen LogP contribution in [0.3, 0.4) is 0 Å². The van der Waals surface area contributed by atoms with Gasteiger partial charge in [-0.25, -0.2) is 0 Å². The van der Waals surface area contributed by atoms with E-state index in [1.165, 1.54) is 15.3 Å². The number of carbonyl (C=O) groups is 1. The zero-order chi connectivity index (χ0) is 17.0. The monoisotopic (exact) mass is 354 g/mol. The van der Waals surface area contributed by atoms with Gasteiger partial charge >= 0.3 is 0 Å². The summed E-state index contributed by atoms with van der Waals surface area (Å²) in [6.07, 6.45) is 1.49. The Hall–Kier alpha value is -1.69. The molecule has 0 N–H and O–H groups in total. The Morgan fingerprint density at radius 3 is 2.84 bits per heavy atom. The molecule has 0 saturated carbocycles. The SMILES string of the molecule is Cc1ccc(CN2CC[C@@]34OC[C@@H](c5ccccc5)N3C(=O)C[C@@H]24)s1. The zero-order valence-electron chi connectivity index (χ0n) is 14.4. The molecule has 1 aromatic heterocycles. The molecule has 1 spiro atoms. The first-order valence-electron chi connectivity index (χ1n) is 8.98. The van der Waals surface area contributed by atoms with Gasteiger partial charge in [-0.05, 0) is 24.6 Å². The summed E-state index contributed by atoms with van der Waals surface area (Å²) in [5.74, 6) is 0.239. The Labute approximate surface area is 152 Å². The fourth-order valence-corrected chi connectivity index (χ4v) is 5.73. The summed E-state index contributed by atoms with van der Waals surface area (Å²) in [6, 6.07) is 14.9. The van der Waals surface area contributed by atoms with Gasteiger partial charge < -0.3 is 9.64 Å². The van der Waals surface area contributed by atoms with Crippen LogP contribution in [0.15, 0.2) is 42.5 Å². The maximum atomic E-state index is 12.9. The minimum Gasteiger partial charge on any atom is -0.351 e. The van der Waals surface area contributed by atoms with Crippen molar-refractivity contribution < 1.29 is 9.53 Å². The normalized spacial score (nSPS) is 31.6. The molecule has 3 atom stereocenters. The topological polar surface area (TPSA) is 32.8 Å². The van der Waals surface area contributed by atoms with Crippen LogP contribution in [0.4, 0.5) is 0 Å². The number of amides is 1. The van der Waals surface area contributed by atoms with Gasteiger partial charge in [0.15, 0.2) is 5.72 Å². The van der Waals surface area contributed by atoms with E-state index in [1.807, 2.05) is 29.5 Å². The molecule has 0 bridgehead atoms. The maximum absolute atomic E-state index is 12.9. The molecule has 2 aromatic rings. The summed E-state index contributed by atoms with van der Waals surface area (Å²) in [7, 11) is 0. The number of carbonyl (C=O) groups excluding carboxylic acids is 1. The molecule has 4 heterocycles. The highest BCUT2D eigenvalue weighted by atomic mass is 32.1. The second-order valence-corrected chi connectivity index (χ2v) is 8.67. The number of ether oxygens (including phenoxy) is 1. The minimum absolute atomic E-state index is 0.0580. The van der Waals surface area contributed by atoms with Gasteiger partial charge in [-0.1, -0.05) is 30.3 Å². The lowest BCUT2D eigenvalue weighted by molar-refractivity contribution is -0.138. The summed E-state index contributed by atoms with van der Waals surface area (Å²) in [5.41, 5.74) is 0.768. The van der Waals surface area contributed by atoms with Gasteiger partial charge in [-0.3, -0.25) is 9.69 Å². The maximum Gasteiger partial charge on any atom is 0.227 e. The van der Waals surface area contributed by atoms with Gasteiger partial charge in [-0.2, -0.15) is 0 Å². The number of hydrogen-bond acceptors (Lipinski definition) is 4. The molecule has 4 nitrogen and oxygen atoms in total. The minimum atomic E-state index is -0.413. The summed E-state index contributed by atoms with van der Waals surface area (Å²) in [4.78, 5) is 20.1. The van der Waals surface area contributed by atoms with E-state index in [0.717, 1.165) is 19.5 Å². The third-order valence-corrected chi connectivity index (χ3v) is 6.89. The van der Waals surface area contributed by atoms with Crippen molar-refractivity contribution in [2.24, 2.45) is 0 Å².